The van der Waals surface area contributed by atoms with Gasteiger partial charge in [-0.3, -0.25) is 9.59 Å². The zero-order valence-corrected chi connectivity index (χ0v) is 9.37. The number of carbonyl (C=O) groups excluding carboxylic acids is 2. The van der Waals surface area contributed by atoms with E-state index in [0.29, 0.717) is 6.54 Å². The van der Waals surface area contributed by atoms with Crippen molar-refractivity contribution in [2.45, 2.75) is 26.4 Å². The molecule has 0 heterocycles. The molecule has 0 atom stereocenters. The average molecular weight is 214 g/mol. The van der Waals surface area contributed by atoms with Crippen molar-refractivity contribution in [3.05, 3.63) is 12.2 Å². The maximum absolute atomic E-state index is 11.2. The van der Waals surface area contributed by atoms with Crippen LogP contribution in [-0.4, -0.2) is 30.6 Å². The van der Waals surface area contributed by atoms with Crippen LogP contribution in [0.15, 0.2) is 12.2 Å². The van der Waals surface area contributed by atoms with Crippen molar-refractivity contribution in [2.24, 2.45) is 5.73 Å². The first-order chi connectivity index (χ1) is 6.81. The molecule has 0 bridgehead atoms. The molecule has 15 heavy (non-hydrogen) atoms. The Bertz CT molecular complexity index is 254. The van der Waals surface area contributed by atoms with E-state index >= 15 is 0 Å². The minimum absolute atomic E-state index is 0.111. The number of ether oxygens (including phenoxy) is 1. The summed E-state index contributed by atoms with van der Waals surface area (Å²) in [6.07, 6.45) is 2.79. The van der Waals surface area contributed by atoms with E-state index in [-0.39, 0.29) is 12.5 Å². The van der Waals surface area contributed by atoms with Gasteiger partial charge in [0.05, 0.1) is 6.54 Å². The summed E-state index contributed by atoms with van der Waals surface area (Å²) < 4.78 is 5.05. The van der Waals surface area contributed by atoms with Gasteiger partial charge in [-0.25, -0.2) is 0 Å². The second-order valence-electron chi connectivity index (χ2n) is 4.02. The van der Waals surface area contributed by atoms with Crippen molar-refractivity contribution in [1.29, 1.82) is 0 Å². The minimum atomic E-state index is -0.505. The van der Waals surface area contributed by atoms with Crippen LogP contribution in [0.25, 0.3) is 0 Å². The Hall–Kier alpha value is -1.36. The molecule has 0 aromatic carbocycles. The molecule has 0 radical (unpaired) electrons. The minimum Gasteiger partial charge on any atom is -0.459 e. The molecule has 5 heteroatoms. The van der Waals surface area contributed by atoms with E-state index in [2.05, 4.69) is 5.32 Å². The molecular formula is C10H18N2O3. The maximum atomic E-state index is 11.2. The first-order valence-electron chi connectivity index (χ1n) is 4.70. The van der Waals surface area contributed by atoms with E-state index in [1.807, 2.05) is 0 Å². The zero-order valence-electron chi connectivity index (χ0n) is 9.37. The van der Waals surface area contributed by atoms with Crippen LogP contribution >= 0.6 is 0 Å². The van der Waals surface area contributed by atoms with Crippen LogP contribution in [0.4, 0.5) is 0 Å². The molecule has 0 aromatic rings. The van der Waals surface area contributed by atoms with E-state index in [9.17, 15) is 9.59 Å². The molecule has 3 N–H and O–H groups in total. The van der Waals surface area contributed by atoms with Gasteiger partial charge in [0.25, 0.3) is 0 Å². The van der Waals surface area contributed by atoms with Gasteiger partial charge < -0.3 is 15.8 Å². The van der Waals surface area contributed by atoms with Crippen LogP contribution in [0.3, 0.4) is 0 Å². The van der Waals surface area contributed by atoms with Crippen molar-refractivity contribution >= 4 is 11.9 Å². The quantitative estimate of drug-likeness (QED) is 0.382. The number of hydrogen-bond donors (Lipinski definition) is 2. The summed E-state index contributed by atoms with van der Waals surface area (Å²) in [5.74, 6) is -0.830. The Labute approximate surface area is 89.7 Å². The Balaban J connectivity index is 3.61. The predicted molar refractivity (Wildman–Crippen MR) is 57.0 cm³/mol. The SMILES string of the molecule is CC(C)(C)OC(=O)CNCC=CC(N)=O. The number of nitrogens with two attached hydrogens (primary N) is 1. The second kappa shape index (κ2) is 6.19. The largest absolute Gasteiger partial charge is 0.459 e. The third-order valence-corrected chi connectivity index (χ3v) is 1.23. The van der Waals surface area contributed by atoms with Gasteiger partial charge in [-0.2, -0.15) is 0 Å². The average Bonchev–Trinajstić information content (AvgIpc) is 1.99. The van der Waals surface area contributed by atoms with E-state index < -0.39 is 11.5 Å². The lowest BCUT2D eigenvalue weighted by Gasteiger charge is -2.19. The van der Waals surface area contributed by atoms with E-state index in [1.54, 1.807) is 26.8 Å². The summed E-state index contributed by atoms with van der Waals surface area (Å²) in [6.45, 7) is 5.93. The number of nitrogens with one attached hydrogen (secondary N) is 1. The number of rotatable bonds is 5. The number of primary amides is 1. The molecule has 1 amide bonds. The third kappa shape index (κ3) is 10.6. The van der Waals surface area contributed by atoms with Gasteiger partial charge in [-0.15, -0.1) is 0 Å². The fourth-order valence-electron chi connectivity index (χ4n) is 0.810. The summed E-state index contributed by atoms with van der Waals surface area (Å²) in [5, 5.41) is 2.79. The van der Waals surface area contributed by atoms with Crippen molar-refractivity contribution in [1.82, 2.24) is 5.32 Å². The van der Waals surface area contributed by atoms with Crippen molar-refractivity contribution < 1.29 is 14.3 Å². The van der Waals surface area contributed by atoms with E-state index in [4.69, 9.17) is 10.5 Å². The Morgan fingerprint density at radius 2 is 2.00 bits per heavy atom. The first-order valence-corrected chi connectivity index (χ1v) is 4.70. The highest BCUT2D eigenvalue weighted by Crippen LogP contribution is 2.05. The molecule has 0 aliphatic rings. The summed E-state index contributed by atoms with van der Waals surface area (Å²) in [5.41, 5.74) is 4.40. The van der Waals surface area contributed by atoms with Gasteiger partial charge >= 0.3 is 5.97 Å². The summed E-state index contributed by atoms with van der Waals surface area (Å²) in [7, 11) is 0. The molecular weight excluding hydrogens is 196 g/mol. The maximum Gasteiger partial charge on any atom is 0.320 e. The molecule has 5 nitrogen and oxygen atoms in total. The topological polar surface area (TPSA) is 81.4 Å². The Morgan fingerprint density at radius 3 is 2.47 bits per heavy atom. The molecule has 0 aliphatic carbocycles. The lowest BCUT2D eigenvalue weighted by molar-refractivity contribution is -0.153. The van der Waals surface area contributed by atoms with Crippen LogP contribution in [0, 0.1) is 0 Å². The molecule has 0 saturated carbocycles. The molecule has 0 aromatic heterocycles. The van der Waals surface area contributed by atoms with E-state index in [0.717, 1.165) is 0 Å². The van der Waals surface area contributed by atoms with E-state index in [1.165, 1.54) is 6.08 Å². The van der Waals surface area contributed by atoms with Crippen molar-refractivity contribution in [3.8, 4) is 0 Å². The highest BCUT2D eigenvalue weighted by molar-refractivity contribution is 5.85. The lowest BCUT2D eigenvalue weighted by Crippen LogP contribution is -2.31. The fourth-order valence-corrected chi connectivity index (χ4v) is 0.810. The summed E-state index contributed by atoms with van der Waals surface area (Å²) in [6, 6.07) is 0. The van der Waals surface area contributed by atoms with Crippen LogP contribution in [0.2, 0.25) is 0 Å². The van der Waals surface area contributed by atoms with Gasteiger partial charge in [0.15, 0.2) is 0 Å². The van der Waals surface area contributed by atoms with Crippen LogP contribution in [0.1, 0.15) is 20.8 Å². The zero-order chi connectivity index (χ0) is 11.9. The molecule has 86 valence electrons. The molecule has 0 fully saturated rings. The molecule has 0 saturated heterocycles. The fraction of sp³-hybridized carbons (Fsp3) is 0.600. The second-order valence-corrected chi connectivity index (χ2v) is 4.02. The van der Waals surface area contributed by atoms with Crippen LogP contribution in [-0.2, 0) is 14.3 Å². The monoisotopic (exact) mass is 214 g/mol. The van der Waals surface area contributed by atoms with Gasteiger partial charge in [-0.05, 0) is 26.8 Å². The third-order valence-electron chi connectivity index (χ3n) is 1.23. The van der Waals surface area contributed by atoms with Gasteiger partial charge in [0, 0.05) is 6.54 Å². The predicted octanol–water partition coefficient (Wildman–Crippen LogP) is -0.0408. The Kier molecular flexibility index (Phi) is 5.62. The molecule has 0 unspecified atom stereocenters. The molecule has 0 rings (SSSR count). The lowest BCUT2D eigenvalue weighted by atomic mass is 10.2. The standard InChI is InChI=1S/C10H18N2O3/c1-10(2,3)15-9(14)7-12-6-4-5-8(11)13/h4-5,12H,6-7H2,1-3H3,(H2,11,13). The van der Waals surface area contributed by atoms with Gasteiger partial charge in [0.2, 0.25) is 5.91 Å². The normalized spacial score (nSPS) is 11.7. The molecule has 0 aliphatic heterocycles. The van der Waals surface area contributed by atoms with Gasteiger partial charge in [0.1, 0.15) is 5.60 Å². The number of esters is 1. The smallest absolute Gasteiger partial charge is 0.320 e. The number of amides is 1. The van der Waals surface area contributed by atoms with Crippen molar-refractivity contribution in [3.63, 3.8) is 0 Å². The highest BCUT2D eigenvalue weighted by atomic mass is 16.6. The van der Waals surface area contributed by atoms with Gasteiger partial charge in [-0.1, -0.05) is 6.08 Å². The Morgan fingerprint density at radius 1 is 1.40 bits per heavy atom. The molecule has 0 spiro atoms. The summed E-state index contributed by atoms with van der Waals surface area (Å²) >= 11 is 0. The van der Waals surface area contributed by atoms with Crippen LogP contribution < -0.4 is 11.1 Å². The summed E-state index contributed by atoms with van der Waals surface area (Å²) in [4.78, 5) is 21.5. The number of hydrogen-bond acceptors (Lipinski definition) is 4. The first kappa shape index (κ1) is 13.6. The number of carbonyl (C=O) groups is 2. The van der Waals surface area contributed by atoms with Crippen molar-refractivity contribution in [2.75, 3.05) is 13.1 Å². The van der Waals surface area contributed by atoms with Crippen LogP contribution in [0.5, 0.6) is 0 Å². The highest BCUT2D eigenvalue weighted by Gasteiger charge is 2.15.